The minimum Gasteiger partial charge on any atom is -0.347 e. The van der Waals surface area contributed by atoms with Crippen LogP contribution in [0.5, 0.6) is 0 Å². The van der Waals surface area contributed by atoms with Gasteiger partial charge in [0.2, 0.25) is 5.91 Å². The van der Waals surface area contributed by atoms with Crippen molar-refractivity contribution in [1.29, 1.82) is 0 Å². The summed E-state index contributed by atoms with van der Waals surface area (Å²) in [6, 6.07) is 4.70. The summed E-state index contributed by atoms with van der Waals surface area (Å²) in [6.45, 7) is 1.83. The Morgan fingerprint density at radius 1 is 1.32 bits per heavy atom. The van der Waals surface area contributed by atoms with Gasteiger partial charge < -0.3 is 9.84 Å². The molecule has 0 radical (unpaired) electrons. The lowest BCUT2D eigenvalue weighted by Crippen LogP contribution is -2.32. The lowest BCUT2D eigenvalue weighted by molar-refractivity contribution is -0.124. The van der Waals surface area contributed by atoms with E-state index in [-0.39, 0.29) is 24.2 Å². The molecule has 0 fully saturated rings. The fourth-order valence-electron chi connectivity index (χ4n) is 2.37. The number of carbonyl (C=O) groups excluding carboxylic acids is 1. The Morgan fingerprint density at radius 3 is 2.72 bits per heavy atom. The van der Waals surface area contributed by atoms with Gasteiger partial charge in [0, 0.05) is 12.4 Å². The number of hydrogen-bond acceptors (Lipinski definition) is 5. The molecule has 3 aromatic rings. The number of halogens is 2. The zero-order valence-corrected chi connectivity index (χ0v) is 13.3. The third kappa shape index (κ3) is 3.54. The number of rotatable bonds is 6. The summed E-state index contributed by atoms with van der Waals surface area (Å²) in [5.41, 5.74) is -0.393. The third-order valence-corrected chi connectivity index (χ3v) is 3.60. The first-order chi connectivity index (χ1) is 12.1. The van der Waals surface area contributed by atoms with Gasteiger partial charge in [-0.3, -0.25) is 9.48 Å². The Kier molecular flexibility index (Phi) is 4.82. The first-order valence-corrected chi connectivity index (χ1v) is 7.64. The van der Waals surface area contributed by atoms with E-state index in [2.05, 4.69) is 20.6 Å². The zero-order valence-electron chi connectivity index (χ0n) is 13.3. The molecule has 2 heterocycles. The highest BCUT2D eigenvalue weighted by Crippen LogP contribution is 2.24. The molecule has 0 saturated carbocycles. The van der Waals surface area contributed by atoms with Crippen molar-refractivity contribution in [1.82, 2.24) is 25.2 Å². The second kappa shape index (κ2) is 7.20. The molecule has 7 nitrogen and oxygen atoms in total. The summed E-state index contributed by atoms with van der Waals surface area (Å²) in [4.78, 5) is 16.2. The molecule has 0 aliphatic heterocycles. The Labute approximate surface area is 141 Å². The Balaban J connectivity index is 1.69. The number of amides is 1. The minimum atomic E-state index is -0.802. The summed E-state index contributed by atoms with van der Waals surface area (Å²) in [5.74, 6) is -2.04. The lowest BCUT2D eigenvalue weighted by atomic mass is 10.2. The van der Waals surface area contributed by atoms with Crippen LogP contribution >= 0.6 is 0 Å². The molecule has 0 spiro atoms. The molecule has 1 atom stereocenters. The van der Waals surface area contributed by atoms with Gasteiger partial charge in [-0.1, -0.05) is 18.1 Å². The van der Waals surface area contributed by atoms with E-state index < -0.39 is 23.2 Å². The molecule has 0 bridgehead atoms. The summed E-state index contributed by atoms with van der Waals surface area (Å²) >= 11 is 0. The topological polar surface area (TPSA) is 85.8 Å². The van der Waals surface area contributed by atoms with Crippen molar-refractivity contribution >= 4 is 5.91 Å². The van der Waals surface area contributed by atoms with E-state index in [1.165, 1.54) is 6.07 Å². The summed E-state index contributed by atoms with van der Waals surface area (Å²) in [6.07, 6.45) is 3.83. The number of nitrogens with zero attached hydrogens (tertiary/aromatic N) is 4. The van der Waals surface area contributed by atoms with Crippen LogP contribution in [-0.2, 0) is 11.3 Å². The highest BCUT2D eigenvalue weighted by atomic mass is 19.1. The number of benzene rings is 1. The molecule has 130 valence electrons. The van der Waals surface area contributed by atoms with Gasteiger partial charge in [-0.15, -0.1) is 0 Å². The maximum atomic E-state index is 13.7. The average Bonchev–Trinajstić information content (AvgIpc) is 3.26. The van der Waals surface area contributed by atoms with E-state index in [1.807, 2.05) is 6.92 Å². The summed E-state index contributed by atoms with van der Waals surface area (Å²) in [7, 11) is 0. The van der Waals surface area contributed by atoms with E-state index in [1.54, 1.807) is 23.1 Å². The van der Waals surface area contributed by atoms with Crippen molar-refractivity contribution in [2.75, 3.05) is 0 Å². The summed E-state index contributed by atoms with van der Waals surface area (Å²) in [5, 5.41) is 10.3. The molecule has 2 aromatic heterocycles. The zero-order chi connectivity index (χ0) is 17.8. The van der Waals surface area contributed by atoms with Crippen LogP contribution in [0.15, 0.2) is 41.2 Å². The van der Waals surface area contributed by atoms with Gasteiger partial charge in [0.25, 0.3) is 5.89 Å². The smallest absolute Gasteiger partial charge is 0.263 e. The minimum absolute atomic E-state index is 0.0316. The predicted molar refractivity (Wildman–Crippen MR) is 83.1 cm³/mol. The fourth-order valence-corrected chi connectivity index (χ4v) is 2.37. The van der Waals surface area contributed by atoms with Crippen LogP contribution in [0.25, 0.3) is 11.5 Å². The van der Waals surface area contributed by atoms with E-state index >= 15 is 0 Å². The molecule has 3 rings (SSSR count). The quantitative estimate of drug-likeness (QED) is 0.740. The molecular formula is C16H15F2N5O2. The number of carbonyl (C=O) groups is 1. The number of nitrogens with one attached hydrogen (secondary N) is 1. The monoisotopic (exact) mass is 347 g/mol. The van der Waals surface area contributed by atoms with Crippen LogP contribution in [0.2, 0.25) is 0 Å². The first kappa shape index (κ1) is 16.7. The SMILES string of the molecule is CCC(C(=O)NCc1noc(-c2c(F)cccc2F)n1)n1cccn1. The van der Waals surface area contributed by atoms with E-state index in [0.717, 1.165) is 12.1 Å². The van der Waals surface area contributed by atoms with Crippen LogP contribution in [0.1, 0.15) is 25.2 Å². The number of hydrogen-bond donors (Lipinski definition) is 1. The van der Waals surface area contributed by atoms with Crippen LogP contribution < -0.4 is 5.32 Å². The molecule has 0 saturated heterocycles. The molecule has 1 unspecified atom stereocenters. The van der Waals surface area contributed by atoms with Crippen molar-refractivity contribution < 1.29 is 18.1 Å². The second-order valence-electron chi connectivity index (χ2n) is 5.24. The highest BCUT2D eigenvalue weighted by Gasteiger charge is 2.21. The number of aromatic nitrogens is 4. The molecule has 1 amide bonds. The van der Waals surface area contributed by atoms with Crippen LogP contribution in [0.4, 0.5) is 8.78 Å². The van der Waals surface area contributed by atoms with Crippen LogP contribution in [0, 0.1) is 11.6 Å². The molecule has 25 heavy (non-hydrogen) atoms. The van der Waals surface area contributed by atoms with Crippen molar-refractivity contribution in [3.05, 3.63) is 54.1 Å². The van der Waals surface area contributed by atoms with Gasteiger partial charge in [0.15, 0.2) is 5.82 Å². The molecule has 0 aliphatic rings. The van der Waals surface area contributed by atoms with E-state index in [0.29, 0.717) is 6.42 Å². The van der Waals surface area contributed by atoms with Crippen molar-refractivity contribution in [2.45, 2.75) is 25.9 Å². The predicted octanol–water partition coefficient (Wildman–Crippen LogP) is 2.48. The first-order valence-electron chi connectivity index (χ1n) is 7.64. The fraction of sp³-hybridized carbons (Fsp3) is 0.250. The van der Waals surface area contributed by atoms with Gasteiger partial charge >= 0.3 is 0 Å². The van der Waals surface area contributed by atoms with Gasteiger partial charge in [0.05, 0.1) is 6.54 Å². The maximum absolute atomic E-state index is 13.7. The van der Waals surface area contributed by atoms with Gasteiger partial charge in [-0.2, -0.15) is 10.1 Å². The maximum Gasteiger partial charge on any atom is 0.263 e. The highest BCUT2D eigenvalue weighted by molar-refractivity contribution is 5.80. The van der Waals surface area contributed by atoms with Crippen molar-refractivity contribution in [2.24, 2.45) is 0 Å². The molecule has 1 aromatic carbocycles. The Morgan fingerprint density at radius 2 is 2.08 bits per heavy atom. The lowest BCUT2D eigenvalue weighted by Gasteiger charge is -2.14. The average molecular weight is 347 g/mol. The van der Waals surface area contributed by atoms with Crippen molar-refractivity contribution in [3.63, 3.8) is 0 Å². The van der Waals surface area contributed by atoms with E-state index in [9.17, 15) is 13.6 Å². The van der Waals surface area contributed by atoms with Gasteiger partial charge in [0.1, 0.15) is 23.2 Å². The normalized spacial score (nSPS) is 12.1. The standard InChI is InChI=1S/C16H15F2N5O2/c1-2-12(23-8-4-7-20-23)15(24)19-9-13-21-16(25-22-13)14-10(17)5-3-6-11(14)18/h3-8,12H,2,9H2,1H3,(H,19,24). The Hall–Kier alpha value is -3.10. The van der Waals surface area contributed by atoms with Gasteiger partial charge in [-0.05, 0) is 24.6 Å². The van der Waals surface area contributed by atoms with Crippen LogP contribution in [0.3, 0.4) is 0 Å². The third-order valence-electron chi connectivity index (χ3n) is 3.60. The molecule has 1 N–H and O–H groups in total. The van der Waals surface area contributed by atoms with E-state index in [4.69, 9.17) is 4.52 Å². The molecular weight excluding hydrogens is 332 g/mol. The molecule has 9 heteroatoms. The largest absolute Gasteiger partial charge is 0.347 e. The van der Waals surface area contributed by atoms with Crippen LogP contribution in [-0.4, -0.2) is 25.8 Å². The Bertz CT molecular complexity index is 843. The summed E-state index contributed by atoms with van der Waals surface area (Å²) < 4.78 is 33.9. The molecule has 0 aliphatic carbocycles. The van der Waals surface area contributed by atoms with Crippen molar-refractivity contribution in [3.8, 4) is 11.5 Å². The van der Waals surface area contributed by atoms with Gasteiger partial charge in [-0.25, -0.2) is 8.78 Å². The second-order valence-corrected chi connectivity index (χ2v) is 5.24.